The van der Waals surface area contributed by atoms with Gasteiger partial charge in [-0.1, -0.05) is 30.7 Å². The van der Waals surface area contributed by atoms with E-state index in [1.807, 2.05) is 24.3 Å². The second kappa shape index (κ2) is 8.71. The largest absolute Gasteiger partial charge is 0.418 e. The molecule has 144 valence electrons. The van der Waals surface area contributed by atoms with E-state index in [1.54, 1.807) is 0 Å². The van der Waals surface area contributed by atoms with E-state index in [0.29, 0.717) is 0 Å². The first-order chi connectivity index (χ1) is 12.9. The molecule has 0 aliphatic carbocycles. The molecule has 1 heterocycles. The molecule has 2 aromatic rings. The van der Waals surface area contributed by atoms with Gasteiger partial charge in [-0.25, -0.2) is 0 Å². The molecule has 1 fully saturated rings. The fourth-order valence-electron chi connectivity index (χ4n) is 3.19. The fourth-order valence-corrected chi connectivity index (χ4v) is 3.42. The van der Waals surface area contributed by atoms with Gasteiger partial charge in [-0.3, -0.25) is 4.90 Å². The smallest absolute Gasteiger partial charge is 0.332 e. The highest BCUT2D eigenvalue weighted by molar-refractivity contribution is 7.80. The van der Waals surface area contributed by atoms with Crippen molar-refractivity contribution < 1.29 is 13.2 Å². The molecule has 0 aromatic heterocycles. The van der Waals surface area contributed by atoms with E-state index in [0.717, 1.165) is 31.4 Å². The lowest BCUT2D eigenvalue weighted by atomic mass is 10.1. The van der Waals surface area contributed by atoms with Crippen LogP contribution in [-0.2, 0) is 12.7 Å². The summed E-state index contributed by atoms with van der Waals surface area (Å²) in [5.41, 5.74) is 1.14. The first-order valence-electron chi connectivity index (χ1n) is 8.97. The van der Waals surface area contributed by atoms with Gasteiger partial charge < -0.3 is 10.6 Å². The van der Waals surface area contributed by atoms with Crippen molar-refractivity contribution in [3.8, 4) is 0 Å². The zero-order chi connectivity index (χ0) is 19.3. The minimum Gasteiger partial charge on any atom is -0.332 e. The number of likely N-dealkylation sites (tertiary alicyclic amines) is 1. The second-order valence-electron chi connectivity index (χ2n) is 6.66. The maximum Gasteiger partial charge on any atom is 0.418 e. The molecule has 0 amide bonds. The first kappa shape index (κ1) is 19.6. The number of piperidine rings is 1. The van der Waals surface area contributed by atoms with Crippen LogP contribution in [0.3, 0.4) is 0 Å². The molecule has 1 aliphatic heterocycles. The van der Waals surface area contributed by atoms with Gasteiger partial charge in [0.25, 0.3) is 0 Å². The van der Waals surface area contributed by atoms with Gasteiger partial charge in [-0.05, 0) is 68.0 Å². The monoisotopic (exact) mass is 393 g/mol. The van der Waals surface area contributed by atoms with Crippen molar-refractivity contribution in [1.82, 2.24) is 4.90 Å². The standard InChI is InChI=1S/C20H22F3N3S/c21-20(22,23)17-6-2-3-7-18(17)25-19(27)24-16-10-8-15(9-11-16)14-26-12-4-1-5-13-26/h2-3,6-11H,1,4-5,12-14H2,(H2,24,25,27). The van der Waals surface area contributed by atoms with E-state index < -0.39 is 11.7 Å². The van der Waals surface area contributed by atoms with E-state index >= 15 is 0 Å². The number of anilines is 2. The molecule has 0 bridgehead atoms. The van der Waals surface area contributed by atoms with Crippen LogP contribution in [0.25, 0.3) is 0 Å². The van der Waals surface area contributed by atoms with E-state index in [1.165, 1.54) is 43.0 Å². The summed E-state index contributed by atoms with van der Waals surface area (Å²) in [6.07, 6.45) is -0.630. The number of hydrogen-bond acceptors (Lipinski definition) is 2. The normalized spacial score (nSPS) is 15.4. The third-order valence-corrected chi connectivity index (χ3v) is 4.75. The predicted octanol–water partition coefficient (Wildman–Crippen LogP) is 5.50. The molecule has 3 rings (SSSR count). The van der Waals surface area contributed by atoms with Crippen molar-refractivity contribution in [3.63, 3.8) is 0 Å². The van der Waals surface area contributed by atoms with Gasteiger partial charge in [0, 0.05) is 12.2 Å². The lowest BCUT2D eigenvalue weighted by Crippen LogP contribution is -2.29. The molecule has 0 unspecified atom stereocenters. The molecule has 0 saturated carbocycles. The SMILES string of the molecule is FC(F)(F)c1ccccc1NC(=S)Nc1ccc(CN2CCCCC2)cc1. The van der Waals surface area contributed by atoms with Crippen LogP contribution in [-0.4, -0.2) is 23.1 Å². The van der Waals surface area contributed by atoms with Gasteiger partial charge in [0.15, 0.2) is 5.11 Å². The van der Waals surface area contributed by atoms with Gasteiger partial charge in [0.1, 0.15) is 0 Å². The number of nitrogens with zero attached hydrogens (tertiary/aromatic N) is 1. The van der Waals surface area contributed by atoms with E-state index in [9.17, 15) is 13.2 Å². The van der Waals surface area contributed by atoms with Crippen LogP contribution in [0, 0.1) is 0 Å². The highest BCUT2D eigenvalue weighted by Crippen LogP contribution is 2.34. The van der Waals surface area contributed by atoms with Crippen LogP contribution in [0.5, 0.6) is 0 Å². The van der Waals surface area contributed by atoms with Crippen molar-refractivity contribution in [3.05, 3.63) is 59.7 Å². The molecular formula is C20H22F3N3S. The molecule has 7 heteroatoms. The quantitative estimate of drug-likeness (QED) is 0.671. The Morgan fingerprint density at radius 3 is 2.26 bits per heavy atom. The van der Waals surface area contributed by atoms with Crippen LogP contribution in [0.2, 0.25) is 0 Å². The summed E-state index contributed by atoms with van der Waals surface area (Å²) < 4.78 is 39.2. The van der Waals surface area contributed by atoms with Gasteiger partial charge in [-0.2, -0.15) is 13.2 Å². The lowest BCUT2D eigenvalue weighted by molar-refractivity contribution is -0.136. The zero-order valence-electron chi connectivity index (χ0n) is 14.9. The fraction of sp³-hybridized carbons (Fsp3) is 0.350. The minimum absolute atomic E-state index is 0.0655. The van der Waals surface area contributed by atoms with Gasteiger partial charge >= 0.3 is 6.18 Å². The summed E-state index contributed by atoms with van der Waals surface area (Å²) in [7, 11) is 0. The Morgan fingerprint density at radius 2 is 1.59 bits per heavy atom. The molecular weight excluding hydrogens is 371 g/mol. The predicted molar refractivity (Wildman–Crippen MR) is 107 cm³/mol. The van der Waals surface area contributed by atoms with Crippen LogP contribution in [0.15, 0.2) is 48.5 Å². The molecule has 0 atom stereocenters. The number of rotatable bonds is 4. The molecule has 27 heavy (non-hydrogen) atoms. The topological polar surface area (TPSA) is 27.3 Å². The van der Waals surface area contributed by atoms with Crippen LogP contribution in [0.1, 0.15) is 30.4 Å². The van der Waals surface area contributed by atoms with Crippen molar-refractivity contribution in [2.45, 2.75) is 32.0 Å². The molecule has 0 radical (unpaired) electrons. The van der Waals surface area contributed by atoms with E-state index in [4.69, 9.17) is 12.2 Å². The van der Waals surface area contributed by atoms with Gasteiger partial charge in [0.2, 0.25) is 0 Å². The van der Waals surface area contributed by atoms with Crippen molar-refractivity contribution in [2.75, 3.05) is 23.7 Å². The molecule has 1 aliphatic rings. The Labute approximate surface area is 162 Å². The van der Waals surface area contributed by atoms with Gasteiger partial charge in [-0.15, -0.1) is 0 Å². The molecule has 2 N–H and O–H groups in total. The Bertz CT molecular complexity index is 769. The first-order valence-corrected chi connectivity index (χ1v) is 9.38. The maximum absolute atomic E-state index is 13.1. The van der Waals surface area contributed by atoms with Crippen LogP contribution >= 0.6 is 12.2 Å². The van der Waals surface area contributed by atoms with Crippen molar-refractivity contribution >= 4 is 28.7 Å². The van der Waals surface area contributed by atoms with Crippen LogP contribution in [0.4, 0.5) is 24.5 Å². The zero-order valence-corrected chi connectivity index (χ0v) is 15.7. The van der Waals surface area contributed by atoms with Gasteiger partial charge in [0.05, 0.1) is 11.3 Å². The second-order valence-corrected chi connectivity index (χ2v) is 7.06. The summed E-state index contributed by atoms with van der Waals surface area (Å²) in [6.45, 7) is 3.18. The van der Waals surface area contributed by atoms with E-state index in [2.05, 4.69) is 15.5 Å². The Balaban J connectivity index is 1.58. The number of thiocarbonyl (C=S) groups is 1. The minimum atomic E-state index is -4.44. The molecule has 0 spiro atoms. The highest BCUT2D eigenvalue weighted by atomic mass is 32.1. The average Bonchev–Trinajstić information content (AvgIpc) is 2.64. The Hall–Kier alpha value is -2.12. The summed E-state index contributed by atoms with van der Waals surface area (Å²) >= 11 is 5.17. The Kier molecular flexibility index (Phi) is 6.34. The number of nitrogens with one attached hydrogen (secondary N) is 2. The average molecular weight is 393 g/mol. The summed E-state index contributed by atoms with van der Waals surface area (Å²) in [5.74, 6) is 0. The maximum atomic E-state index is 13.1. The van der Waals surface area contributed by atoms with Crippen molar-refractivity contribution in [2.24, 2.45) is 0 Å². The van der Waals surface area contributed by atoms with Crippen LogP contribution < -0.4 is 10.6 Å². The molecule has 2 aromatic carbocycles. The lowest BCUT2D eigenvalue weighted by Gasteiger charge is -2.26. The number of halogens is 3. The number of hydrogen-bond donors (Lipinski definition) is 2. The third kappa shape index (κ3) is 5.68. The highest BCUT2D eigenvalue weighted by Gasteiger charge is 2.33. The molecule has 1 saturated heterocycles. The summed E-state index contributed by atoms with van der Waals surface area (Å²) in [5, 5.41) is 5.70. The number of benzene rings is 2. The molecule has 3 nitrogen and oxygen atoms in total. The Morgan fingerprint density at radius 1 is 0.926 bits per heavy atom. The summed E-state index contributed by atoms with van der Waals surface area (Å²) in [4.78, 5) is 2.44. The number of alkyl halides is 3. The van der Waals surface area contributed by atoms with E-state index in [-0.39, 0.29) is 10.8 Å². The van der Waals surface area contributed by atoms with Crippen molar-refractivity contribution in [1.29, 1.82) is 0 Å². The number of para-hydroxylation sites is 1. The third-order valence-electron chi connectivity index (χ3n) is 4.55. The summed E-state index contributed by atoms with van der Waals surface area (Å²) in [6, 6.07) is 13.1.